The first-order valence-corrected chi connectivity index (χ1v) is 6.51. The third-order valence-corrected chi connectivity index (χ3v) is 3.69. The number of benzene rings is 1. The summed E-state index contributed by atoms with van der Waals surface area (Å²) < 4.78 is 11.1. The van der Waals surface area contributed by atoms with Crippen LogP contribution in [0.3, 0.4) is 0 Å². The van der Waals surface area contributed by atoms with Gasteiger partial charge in [0.05, 0.1) is 18.3 Å². The highest BCUT2D eigenvalue weighted by atomic mass is 16.5. The van der Waals surface area contributed by atoms with Gasteiger partial charge in [0, 0.05) is 13.5 Å². The van der Waals surface area contributed by atoms with Crippen LogP contribution in [0.1, 0.15) is 43.9 Å². The fraction of sp³-hybridized carbons (Fsp3) is 0.600. The molecule has 0 saturated carbocycles. The molecule has 1 aromatic rings. The fourth-order valence-corrected chi connectivity index (χ4v) is 2.18. The van der Waals surface area contributed by atoms with Crippen LogP contribution in [-0.4, -0.2) is 24.4 Å². The van der Waals surface area contributed by atoms with Crippen LogP contribution in [0, 0.1) is 0 Å². The lowest BCUT2D eigenvalue weighted by atomic mass is 10.1. The summed E-state index contributed by atoms with van der Waals surface area (Å²) in [5, 5.41) is 9.73. The van der Waals surface area contributed by atoms with Crippen molar-refractivity contribution in [3.05, 3.63) is 29.3 Å². The van der Waals surface area contributed by atoms with Crippen molar-refractivity contribution in [2.45, 2.75) is 44.8 Å². The van der Waals surface area contributed by atoms with Crippen LogP contribution in [0.4, 0.5) is 0 Å². The summed E-state index contributed by atoms with van der Waals surface area (Å²) in [5.41, 5.74) is 2.12. The Kier molecular flexibility index (Phi) is 3.93. The SMILES string of the molecule is COC(C)(C)CCOc1ccc2c(c1)CCC2O. The zero-order valence-electron chi connectivity index (χ0n) is 11.4. The van der Waals surface area contributed by atoms with Crippen LogP contribution in [0.2, 0.25) is 0 Å². The van der Waals surface area contributed by atoms with E-state index in [2.05, 4.69) is 13.8 Å². The predicted molar refractivity (Wildman–Crippen MR) is 70.9 cm³/mol. The number of fused-ring (bicyclic) bond motifs is 1. The maximum absolute atomic E-state index is 9.73. The van der Waals surface area contributed by atoms with Gasteiger partial charge in [-0.25, -0.2) is 0 Å². The van der Waals surface area contributed by atoms with Gasteiger partial charge < -0.3 is 14.6 Å². The molecule has 100 valence electrons. The first kappa shape index (κ1) is 13.4. The summed E-state index contributed by atoms with van der Waals surface area (Å²) in [6, 6.07) is 5.96. The lowest BCUT2D eigenvalue weighted by Gasteiger charge is -2.22. The number of aliphatic hydroxyl groups is 1. The molecule has 1 aromatic carbocycles. The van der Waals surface area contributed by atoms with Gasteiger partial charge in [-0.05, 0) is 49.9 Å². The molecule has 0 fully saturated rings. The summed E-state index contributed by atoms with van der Waals surface area (Å²) in [5.74, 6) is 0.884. The zero-order valence-corrected chi connectivity index (χ0v) is 11.4. The van der Waals surface area contributed by atoms with E-state index in [1.54, 1.807) is 7.11 Å². The summed E-state index contributed by atoms with van der Waals surface area (Å²) in [7, 11) is 1.72. The Morgan fingerprint density at radius 2 is 2.17 bits per heavy atom. The molecular formula is C15H22O3. The Hall–Kier alpha value is -1.06. The van der Waals surface area contributed by atoms with Crippen molar-refractivity contribution in [1.29, 1.82) is 0 Å². The minimum Gasteiger partial charge on any atom is -0.493 e. The second-order valence-corrected chi connectivity index (χ2v) is 5.48. The smallest absolute Gasteiger partial charge is 0.119 e. The van der Waals surface area contributed by atoms with Crippen molar-refractivity contribution in [1.82, 2.24) is 0 Å². The van der Waals surface area contributed by atoms with Crippen LogP contribution in [-0.2, 0) is 11.2 Å². The molecule has 0 saturated heterocycles. The molecule has 18 heavy (non-hydrogen) atoms. The molecule has 0 spiro atoms. The van der Waals surface area contributed by atoms with Crippen LogP contribution in [0.15, 0.2) is 18.2 Å². The van der Waals surface area contributed by atoms with Crippen molar-refractivity contribution >= 4 is 0 Å². The van der Waals surface area contributed by atoms with Crippen molar-refractivity contribution in [2.24, 2.45) is 0 Å². The van der Waals surface area contributed by atoms with Gasteiger partial charge in [-0.1, -0.05) is 6.07 Å². The summed E-state index contributed by atoms with van der Waals surface area (Å²) in [4.78, 5) is 0. The second kappa shape index (κ2) is 5.29. The number of rotatable bonds is 5. The van der Waals surface area contributed by atoms with Crippen molar-refractivity contribution in [3.8, 4) is 5.75 Å². The van der Waals surface area contributed by atoms with E-state index in [1.165, 1.54) is 5.56 Å². The quantitative estimate of drug-likeness (QED) is 0.873. The topological polar surface area (TPSA) is 38.7 Å². The number of methoxy groups -OCH3 is 1. The average Bonchev–Trinajstić information content (AvgIpc) is 2.71. The van der Waals surface area contributed by atoms with Crippen LogP contribution in [0.25, 0.3) is 0 Å². The number of aryl methyl sites for hydroxylation is 1. The van der Waals surface area contributed by atoms with Crippen LogP contribution in [0.5, 0.6) is 5.75 Å². The number of hydrogen-bond donors (Lipinski definition) is 1. The van der Waals surface area contributed by atoms with Crippen LogP contribution >= 0.6 is 0 Å². The predicted octanol–water partition coefficient (Wildman–Crippen LogP) is 2.86. The van der Waals surface area contributed by atoms with E-state index in [0.29, 0.717) is 6.61 Å². The Labute approximate surface area is 109 Å². The van der Waals surface area contributed by atoms with Gasteiger partial charge >= 0.3 is 0 Å². The lowest BCUT2D eigenvalue weighted by Crippen LogP contribution is -2.25. The standard InChI is InChI=1S/C15H22O3/c1-15(2,17-3)8-9-18-12-5-6-13-11(10-12)4-7-14(13)16/h5-6,10,14,16H,4,7-9H2,1-3H3. The van der Waals surface area contributed by atoms with Crippen molar-refractivity contribution in [3.63, 3.8) is 0 Å². The monoisotopic (exact) mass is 250 g/mol. The third-order valence-electron chi connectivity index (χ3n) is 3.69. The summed E-state index contributed by atoms with van der Waals surface area (Å²) in [6.07, 6.45) is 2.33. The molecule has 0 amide bonds. The Morgan fingerprint density at radius 3 is 2.89 bits per heavy atom. The summed E-state index contributed by atoms with van der Waals surface area (Å²) in [6.45, 7) is 4.74. The molecule has 0 bridgehead atoms. The van der Waals surface area contributed by atoms with Gasteiger partial charge in [0.1, 0.15) is 5.75 Å². The van der Waals surface area contributed by atoms with Gasteiger partial charge in [0.2, 0.25) is 0 Å². The molecule has 3 nitrogen and oxygen atoms in total. The highest BCUT2D eigenvalue weighted by Crippen LogP contribution is 2.33. The van der Waals surface area contributed by atoms with E-state index in [-0.39, 0.29) is 11.7 Å². The second-order valence-electron chi connectivity index (χ2n) is 5.48. The van der Waals surface area contributed by atoms with Crippen molar-refractivity contribution < 1.29 is 14.6 Å². The summed E-state index contributed by atoms with van der Waals surface area (Å²) >= 11 is 0. The number of ether oxygens (including phenoxy) is 2. The van der Waals surface area contributed by atoms with Gasteiger partial charge in [0.25, 0.3) is 0 Å². The average molecular weight is 250 g/mol. The van der Waals surface area contributed by atoms with E-state index in [0.717, 1.165) is 30.6 Å². The molecule has 0 radical (unpaired) electrons. The van der Waals surface area contributed by atoms with Gasteiger partial charge in [-0.15, -0.1) is 0 Å². The normalized spacial score (nSPS) is 18.8. The molecule has 1 atom stereocenters. The van der Waals surface area contributed by atoms with Gasteiger partial charge in [0.15, 0.2) is 0 Å². The number of aliphatic hydroxyl groups excluding tert-OH is 1. The highest BCUT2D eigenvalue weighted by molar-refractivity contribution is 5.39. The molecule has 1 unspecified atom stereocenters. The molecule has 0 heterocycles. The molecule has 1 aliphatic rings. The van der Waals surface area contributed by atoms with Crippen molar-refractivity contribution in [2.75, 3.05) is 13.7 Å². The minimum atomic E-state index is -0.290. The molecule has 0 aliphatic heterocycles. The molecule has 0 aromatic heterocycles. The highest BCUT2D eigenvalue weighted by Gasteiger charge is 2.20. The largest absolute Gasteiger partial charge is 0.493 e. The fourth-order valence-electron chi connectivity index (χ4n) is 2.18. The molecule has 3 heteroatoms. The Morgan fingerprint density at radius 1 is 1.39 bits per heavy atom. The first-order valence-electron chi connectivity index (χ1n) is 6.51. The van der Waals surface area contributed by atoms with E-state index in [4.69, 9.17) is 9.47 Å². The van der Waals surface area contributed by atoms with Gasteiger partial charge in [-0.3, -0.25) is 0 Å². The third kappa shape index (κ3) is 3.03. The minimum absolute atomic E-state index is 0.146. The maximum Gasteiger partial charge on any atom is 0.119 e. The van der Waals surface area contributed by atoms with E-state index in [9.17, 15) is 5.11 Å². The molecule has 2 rings (SSSR count). The zero-order chi connectivity index (χ0) is 13.2. The Bertz CT molecular complexity index is 412. The Balaban J connectivity index is 1.92. The first-order chi connectivity index (χ1) is 8.52. The maximum atomic E-state index is 9.73. The molecular weight excluding hydrogens is 228 g/mol. The lowest BCUT2D eigenvalue weighted by molar-refractivity contribution is 0.00545. The van der Waals surface area contributed by atoms with E-state index < -0.39 is 0 Å². The molecule has 1 N–H and O–H groups in total. The number of hydrogen-bond acceptors (Lipinski definition) is 3. The van der Waals surface area contributed by atoms with Crippen LogP contribution < -0.4 is 4.74 Å². The van der Waals surface area contributed by atoms with Gasteiger partial charge in [-0.2, -0.15) is 0 Å². The molecule has 1 aliphatic carbocycles. The van der Waals surface area contributed by atoms with E-state index >= 15 is 0 Å². The van der Waals surface area contributed by atoms with E-state index in [1.807, 2.05) is 18.2 Å².